The molecule has 0 atom stereocenters. The summed E-state index contributed by atoms with van der Waals surface area (Å²) in [4.78, 5) is 35.7. The minimum atomic E-state index is -2.19. The van der Waals surface area contributed by atoms with E-state index in [-0.39, 0.29) is 42.5 Å². The average Bonchev–Trinajstić information content (AvgIpc) is 1.88. The van der Waals surface area contributed by atoms with Gasteiger partial charge < -0.3 is 39.6 Å². The van der Waals surface area contributed by atoms with Gasteiger partial charge in [-0.2, -0.15) is 0 Å². The second-order valence-corrected chi connectivity index (χ2v) is 1.15. The number of hydrogen-bond donors (Lipinski definition) is 0. The molecule has 0 aliphatic carbocycles. The van der Waals surface area contributed by atoms with E-state index in [0.717, 1.165) is 0 Å². The second-order valence-electron chi connectivity index (χ2n) is 1.15. The number of aliphatic carboxylic acids is 4. The van der Waals surface area contributed by atoms with Gasteiger partial charge >= 0.3 is 42.5 Å². The van der Waals surface area contributed by atoms with E-state index in [1.165, 1.54) is 0 Å². The molecule has 0 aliphatic rings. The number of hydrogen-bond acceptors (Lipinski definition) is 8. The van der Waals surface area contributed by atoms with Gasteiger partial charge in [-0.05, 0) is 0 Å². The monoisotopic (exact) mass is 264 g/mol. The molecule has 0 aromatic rings. The van der Waals surface area contributed by atoms with Crippen LogP contribution in [0.4, 0.5) is 0 Å². The molecule has 0 N–H and O–H groups in total. The standard InChI is InChI=1S/2C2H2O4.Mg.Zn/c2*3-1(4)2(5)6;;/h2*(H,3,4)(H,5,6);;/q;;2*+2/p-4. The van der Waals surface area contributed by atoms with Crippen LogP contribution in [0.1, 0.15) is 0 Å². The van der Waals surface area contributed by atoms with Crippen LogP contribution in [-0.4, -0.2) is 46.9 Å². The summed E-state index contributed by atoms with van der Waals surface area (Å²) in [6.07, 6.45) is 0. The fourth-order valence-electron chi connectivity index (χ4n) is 0. The van der Waals surface area contributed by atoms with Gasteiger partial charge in [-0.25, -0.2) is 0 Å². The van der Waals surface area contributed by atoms with E-state index in [2.05, 4.69) is 0 Å². The Kier molecular flexibility index (Phi) is 20.4. The van der Waals surface area contributed by atoms with E-state index < -0.39 is 23.9 Å². The number of carboxylic acid groups (broad SMARTS) is 4. The van der Waals surface area contributed by atoms with Crippen LogP contribution in [0.3, 0.4) is 0 Å². The SMILES string of the molecule is O=C([O-])C(=O)[O-].O=C([O-])C(=O)[O-].[Mg+2].[Zn+2]. The molecule has 0 aromatic carbocycles. The molecule has 14 heavy (non-hydrogen) atoms. The van der Waals surface area contributed by atoms with Gasteiger partial charge in [0.1, 0.15) is 0 Å². The minimum absolute atomic E-state index is 0. The smallest absolute Gasteiger partial charge is 0.543 e. The van der Waals surface area contributed by atoms with Crippen LogP contribution in [0.15, 0.2) is 0 Å². The zero-order chi connectivity index (χ0) is 10.3. The van der Waals surface area contributed by atoms with E-state index >= 15 is 0 Å². The summed E-state index contributed by atoms with van der Waals surface area (Å²) in [7, 11) is 0. The quantitative estimate of drug-likeness (QED) is 0.308. The van der Waals surface area contributed by atoms with Crippen LogP contribution in [0.25, 0.3) is 0 Å². The molecular weight excluding hydrogens is 266 g/mol. The summed E-state index contributed by atoms with van der Waals surface area (Å²) >= 11 is 0. The molecule has 0 radical (unpaired) electrons. The molecule has 0 heterocycles. The predicted molar refractivity (Wildman–Crippen MR) is 25.8 cm³/mol. The van der Waals surface area contributed by atoms with Crippen molar-refractivity contribution in [3.63, 3.8) is 0 Å². The number of carbonyl (C=O) groups excluding carboxylic acids is 4. The number of rotatable bonds is 0. The molecule has 0 fully saturated rings. The summed E-state index contributed by atoms with van der Waals surface area (Å²) in [6.45, 7) is 0. The van der Waals surface area contributed by atoms with Crippen molar-refractivity contribution in [2.45, 2.75) is 0 Å². The van der Waals surface area contributed by atoms with Gasteiger partial charge in [0.15, 0.2) is 0 Å². The van der Waals surface area contributed by atoms with Gasteiger partial charge in [0.05, 0.1) is 23.9 Å². The third-order valence-electron chi connectivity index (χ3n) is 0.333. The Balaban J connectivity index is -0.0000000625. The van der Waals surface area contributed by atoms with Gasteiger partial charge in [-0.15, -0.1) is 0 Å². The van der Waals surface area contributed by atoms with E-state index in [4.69, 9.17) is 39.6 Å². The molecule has 0 unspecified atom stereocenters. The van der Waals surface area contributed by atoms with Crippen molar-refractivity contribution in [2.24, 2.45) is 0 Å². The molecule has 0 bridgehead atoms. The molecule has 0 saturated carbocycles. The van der Waals surface area contributed by atoms with Crippen LogP contribution < -0.4 is 20.4 Å². The maximum atomic E-state index is 8.93. The maximum absolute atomic E-state index is 8.93. The molecule has 8 nitrogen and oxygen atoms in total. The molecule has 0 amide bonds. The van der Waals surface area contributed by atoms with Crippen molar-refractivity contribution in [1.82, 2.24) is 0 Å². The summed E-state index contributed by atoms with van der Waals surface area (Å²) in [6, 6.07) is 0. The molecule has 10 heteroatoms. The van der Waals surface area contributed by atoms with Gasteiger partial charge in [-0.3, -0.25) is 0 Å². The first-order valence-corrected chi connectivity index (χ1v) is 2.13. The molecule has 68 valence electrons. The first-order valence-electron chi connectivity index (χ1n) is 2.13. The Bertz CT molecular complexity index is 177. The van der Waals surface area contributed by atoms with Crippen LogP contribution in [0.5, 0.6) is 0 Å². The molecule has 0 saturated heterocycles. The fourth-order valence-corrected chi connectivity index (χ4v) is 0. The summed E-state index contributed by atoms with van der Waals surface area (Å²) in [5, 5.41) is 35.7. The Morgan fingerprint density at radius 3 is 0.643 bits per heavy atom. The van der Waals surface area contributed by atoms with Gasteiger partial charge in [0, 0.05) is 0 Å². The molecule has 0 spiro atoms. The predicted octanol–water partition coefficient (Wildman–Crippen LogP) is -7.41. The molecule has 0 aliphatic heterocycles. The first-order chi connectivity index (χ1) is 5.29. The molecular formula is C4MgO8Zn. The summed E-state index contributed by atoms with van der Waals surface area (Å²) < 4.78 is 0. The normalized spacial score (nSPS) is 6.29. The van der Waals surface area contributed by atoms with Crippen LogP contribution in [0.2, 0.25) is 0 Å². The average molecular weight is 266 g/mol. The maximum Gasteiger partial charge on any atom is 2.00 e. The van der Waals surface area contributed by atoms with Gasteiger partial charge in [0.2, 0.25) is 0 Å². The largest absolute Gasteiger partial charge is 2.00 e. The molecule has 0 rings (SSSR count). The van der Waals surface area contributed by atoms with Crippen molar-refractivity contribution < 1.29 is 59.1 Å². The van der Waals surface area contributed by atoms with Crippen molar-refractivity contribution in [3.05, 3.63) is 0 Å². The Labute approximate surface area is 106 Å². The second kappa shape index (κ2) is 12.3. The van der Waals surface area contributed by atoms with Gasteiger partial charge in [0.25, 0.3) is 0 Å². The first kappa shape index (κ1) is 23.2. The number of carboxylic acids is 4. The zero-order valence-corrected chi connectivity index (χ0v) is 11.1. The van der Waals surface area contributed by atoms with E-state index in [9.17, 15) is 0 Å². The Morgan fingerprint density at radius 1 is 0.571 bits per heavy atom. The minimum Gasteiger partial charge on any atom is -0.543 e. The van der Waals surface area contributed by atoms with Crippen molar-refractivity contribution >= 4 is 46.9 Å². The fraction of sp³-hybridized carbons (Fsp3) is 0. The van der Waals surface area contributed by atoms with Crippen LogP contribution >= 0.6 is 0 Å². The van der Waals surface area contributed by atoms with Crippen molar-refractivity contribution in [2.75, 3.05) is 0 Å². The third kappa shape index (κ3) is 22.5. The summed E-state index contributed by atoms with van der Waals surface area (Å²) in [5.74, 6) is -8.74. The van der Waals surface area contributed by atoms with Crippen LogP contribution in [-0.2, 0) is 38.7 Å². The third-order valence-corrected chi connectivity index (χ3v) is 0.333. The number of carbonyl (C=O) groups is 4. The van der Waals surface area contributed by atoms with E-state index in [1.54, 1.807) is 0 Å². The van der Waals surface area contributed by atoms with Gasteiger partial charge in [-0.1, -0.05) is 0 Å². The van der Waals surface area contributed by atoms with Crippen molar-refractivity contribution in [1.29, 1.82) is 0 Å². The summed E-state index contributed by atoms with van der Waals surface area (Å²) in [5.41, 5.74) is 0. The molecule has 0 aromatic heterocycles. The van der Waals surface area contributed by atoms with Crippen molar-refractivity contribution in [3.8, 4) is 0 Å². The Morgan fingerprint density at radius 2 is 0.643 bits per heavy atom. The van der Waals surface area contributed by atoms with E-state index in [1.807, 2.05) is 0 Å². The zero-order valence-electron chi connectivity index (χ0n) is 6.68. The Hall–Kier alpha value is -0.730. The topological polar surface area (TPSA) is 161 Å². The van der Waals surface area contributed by atoms with Crippen LogP contribution in [0, 0.1) is 0 Å². The van der Waals surface area contributed by atoms with E-state index in [0.29, 0.717) is 0 Å².